The van der Waals surface area contributed by atoms with E-state index in [1.807, 2.05) is 38.1 Å². The molecule has 0 fully saturated rings. The zero-order valence-electron chi connectivity index (χ0n) is 15.2. The fourth-order valence-corrected chi connectivity index (χ4v) is 2.22. The van der Waals surface area contributed by atoms with E-state index in [1.165, 1.54) is 0 Å². The summed E-state index contributed by atoms with van der Waals surface area (Å²) in [7, 11) is 0. The molecular formula is C20H24N2O4. The Balaban J connectivity index is 1.82. The third-order valence-corrected chi connectivity index (χ3v) is 3.36. The van der Waals surface area contributed by atoms with Gasteiger partial charge in [-0.1, -0.05) is 0 Å². The normalized spacial score (nSPS) is 10.3. The van der Waals surface area contributed by atoms with Crippen molar-refractivity contribution in [2.45, 2.75) is 26.9 Å². The van der Waals surface area contributed by atoms with Crippen LogP contribution in [-0.4, -0.2) is 31.1 Å². The maximum absolute atomic E-state index is 12.0. The molecule has 0 radical (unpaired) electrons. The minimum atomic E-state index is -0.378. The molecule has 0 aromatic heterocycles. The highest BCUT2D eigenvalue weighted by Gasteiger charge is 2.07. The Morgan fingerprint density at radius 1 is 0.962 bits per heavy atom. The summed E-state index contributed by atoms with van der Waals surface area (Å²) in [6, 6.07) is 14.0. The van der Waals surface area contributed by atoms with Crippen LogP contribution in [0.4, 0.5) is 11.4 Å². The molecule has 2 rings (SSSR count). The quantitative estimate of drug-likeness (QED) is 0.705. The maximum Gasteiger partial charge on any atom is 0.338 e. The van der Waals surface area contributed by atoms with Crippen LogP contribution in [0.25, 0.3) is 0 Å². The Labute approximate surface area is 153 Å². The lowest BCUT2D eigenvalue weighted by Gasteiger charge is -2.11. The molecule has 0 saturated heterocycles. The smallest absolute Gasteiger partial charge is 0.338 e. The van der Waals surface area contributed by atoms with Gasteiger partial charge in [0.15, 0.2) is 0 Å². The summed E-state index contributed by atoms with van der Waals surface area (Å²) in [6.45, 7) is 6.15. The van der Waals surface area contributed by atoms with Crippen LogP contribution in [0.15, 0.2) is 48.5 Å². The van der Waals surface area contributed by atoms with Crippen LogP contribution in [-0.2, 0) is 9.53 Å². The van der Waals surface area contributed by atoms with Crippen molar-refractivity contribution in [2.24, 2.45) is 0 Å². The number of hydrogen-bond donors (Lipinski definition) is 2. The average Bonchev–Trinajstić information content (AvgIpc) is 2.61. The number of anilines is 2. The Hall–Kier alpha value is -3.02. The summed E-state index contributed by atoms with van der Waals surface area (Å²) in [5, 5.41) is 5.82. The number of rotatable bonds is 8. The van der Waals surface area contributed by atoms with Gasteiger partial charge in [0.05, 0.1) is 24.8 Å². The van der Waals surface area contributed by atoms with E-state index in [1.54, 1.807) is 31.2 Å². The van der Waals surface area contributed by atoms with Gasteiger partial charge in [0, 0.05) is 11.4 Å². The van der Waals surface area contributed by atoms with Crippen LogP contribution >= 0.6 is 0 Å². The zero-order valence-corrected chi connectivity index (χ0v) is 15.2. The van der Waals surface area contributed by atoms with E-state index in [2.05, 4.69) is 10.6 Å². The molecule has 0 unspecified atom stereocenters. The van der Waals surface area contributed by atoms with Crippen LogP contribution in [0.2, 0.25) is 0 Å². The van der Waals surface area contributed by atoms with Crippen molar-refractivity contribution in [1.82, 2.24) is 0 Å². The highest BCUT2D eigenvalue weighted by Crippen LogP contribution is 2.17. The second-order valence-electron chi connectivity index (χ2n) is 5.89. The van der Waals surface area contributed by atoms with Gasteiger partial charge in [-0.05, 0) is 69.3 Å². The summed E-state index contributed by atoms with van der Waals surface area (Å²) in [5.41, 5.74) is 1.89. The minimum absolute atomic E-state index is 0.120. The van der Waals surface area contributed by atoms with E-state index in [0.29, 0.717) is 17.9 Å². The fraction of sp³-hybridized carbons (Fsp3) is 0.300. The van der Waals surface area contributed by atoms with Crippen LogP contribution in [0, 0.1) is 0 Å². The van der Waals surface area contributed by atoms with Crippen LogP contribution < -0.4 is 15.4 Å². The summed E-state index contributed by atoms with van der Waals surface area (Å²) in [5.74, 6) is 0.227. The van der Waals surface area contributed by atoms with E-state index in [-0.39, 0.29) is 24.5 Å². The van der Waals surface area contributed by atoms with E-state index in [0.717, 1.165) is 11.4 Å². The Kier molecular flexibility index (Phi) is 7.02. The molecule has 0 atom stereocenters. The van der Waals surface area contributed by atoms with Crippen molar-refractivity contribution in [1.29, 1.82) is 0 Å². The molecule has 0 spiro atoms. The molecule has 2 aromatic carbocycles. The fourth-order valence-electron chi connectivity index (χ4n) is 2.22. The van der Waals surface area contributed by atoms with Crippen molar-refractivity contribution in [2.75, 3.05) is 23.8 Å². The third-order valence-electron chi connectivity index (χ3n) is 3.36. The summed E-state index contributed by atoms with van der Waals surface area (Å²) in [4.78, 5) is 23.6. The number of ether oxygens (including phenoxy) is 2. The van der Waals surface area contributed by atoms with Gasteiger partial charge in [-0.3, -0.25) is 4.79 Å². The van der Waals surface area contributed by atoms with Crippen LogP contribution in [0.3, 0.4) is 0 Å². The molecule has 2 aromatic rings. The summed E-state index contributed by atoms with van der Waals surface area (Å²) < 4.78 is 10.5. The molecule has 0 saturated carbocycles. The Bertz CT molecular complexity index is 724. The van der Waals surface area contributed by atoms with Gasteiger partial charge in [0.25, 0.3) is 0 Å². The summed E-state index contributed by atoms with van der Waals surface area (Å²) in [6.07, 6.45) is 0.120. The Morgan fingerprint density at radius 3 is 2.15 bits per heavy atom. The lowest BCUT2D eigenvalue weighted by molar-refractivity contribution is -0.114. The number of hydrogen-bond acceptors (Lipinski definition) is 5. The zero-order chi connectivity index (χ0) is 18.9. The van der Waals surface area contributed by atoms with Gasteiger partial charge < -0.3 is 20.1 Å². The lowest BCUT2D eigenvalue weighted by Crippen LogP contribution is -2.21. The van der Waals surface area contributed by atoms with Crippen molar-refractivity contribution in [3.05, 3.63) is 54.1 Å². The molecule has 0 heterocycles. The van der Waals surface area contributed by atoms with Gasteiger partial charge >= 0.3 is 5.97 Å². The second-order valence-corrected chi connectivity index (χ2v) is 5.89. The highest BCUT2D eigenvalue weighted by atomic mass is 16.5. The average molecular weight is 356 g/mol. The number of carbonyl (C=O) groups is 2. The maximum atomic E-state index is 12.0. The largest absolute Gasteiger partial charge is 0.491 e. The van der Waals surface area contributed by atoms with Gasteiger partial charge in [-0.25, -0.2) is 4.79 Å². The van der Waals surface area contributed by atoms with E-state index >= 15 is 0 Å². The first-order valence-corrected chi connectivity index (χ1v) is 8.55. The number of carbonyl (C=O) groups excluding carboxylic acids is 2. The number of nitrogens with one attached hydrogen (secondary N) is 2. The first kappa shape index (κ1) is 19.3. The first-order valence-electron chi connectivity index (χ1n) is 8.55. The van der Waals surface area contributed by atoms with Crippen molar-refractivity contribution in [3.8, 4) is 5.75 Å². The Morgan fingerprint density at radius 2 is 1.58 bits per heavy atom. The predicted octanol–water partition coefficient (Wildman–Crippen LogP) is 3.70. The molecule has 2 N–H and O–H groups in total. The third kappa shape index (κ3) is 6.12. The minimum Gasteiger partial charge on any atom is -0.491 e. The van der Waals surface area contributed by atoms with Gasteiger partial charge in [0.2, 0.25) is 5.91 Å². The topological polar surface area (TPSA) is 76.7 Å². The van der Waals surface area contributed by atoms with Crippen molar-refractivity contribution in [3.63, 3.8) is 0 Å². The molecule has 6 heteroatoms. The lowest BCUT2D eigenvalue weighted by atomic mass is 10.2. The van der Waals surface area contributed by atoms with Gasteiger partial charge in [0.1, 0.15) is 5.75 Å². The molecular weight excluding hydrogens is 332 g/mol. The highest BCUT2D eigenvalue weighted by molar-refractivity contribution is 5.95. The molecule has 138 valence electrons. The number of benzene rings is 2. The molecule has 0 aliphatic rings. The molecule has 0 aliphatic carbocycles. The van der Waals surface area contributed by atoms with Gasteiger partial charge in [-0.2, -0.15) is 0 Å². The molecule has 6 nitrogen and oxygen atoms in total. The van der Waals surface area contributed by atoms with Crippen LogP contribution in [0.5, 0.6) is 5.75 Å². The van der Waals surface area contributed by atoms with E-state index in [9.17, 15) is 9.59 Å². The van der Waals surface area contributed by atoms with E-state index < -0.39 is 0 Å². The predicted molar refractivity (Wildman–Crippen MR) is 102 cm³/mol. The first-order chi connectivity index (χ1) is 12.5. The molecule has 0 bridgehead atoms. The standard InChI is InChI=1S/C20H24N2O4/c1-4-25-20(24)15-5-7-17(8-6-15)22-19(23)13-21-16-9-11-18(12-10-16)26-14(2)3/h5-12,14,21H,4,13H2,1-3H3,(H,22,23). The number of esters is 1. The van der Waals surface area contributed by atoms with Crippen molar-refractivity contribution < 1.29 is 19.1 Å². The second kappa shape index (κ2) is 9.46. The van der Waals surface area contributed by atoms with Crippen molar-refractivity contribution >= 4 is 23.3 Å². The summed E-state index contributed by atoms with van der Waals surface area (Å²) >= 11 is 0. The van der Waals surface area contributed by atoms with E-state index in [4.69, 9.17) is 9.47 Å². The molecule has 0 aliphatic heterocycles. The molecule has 1 amide bonds. The molecule has 26 heavy (non-hydrogen) atoms. The SMILES string of the molecule is CCOC(=O)c1ccc(NC(=O)CNc2ccc(OC(C)C)cc2)cc1. The van der Waals surface area contributed by atoms with Crippen LogP contribution in [0.1, 0.15) is 31.1 Å². The number of amides is 1. The van der Waals surface area contributed by atoms with Gasteiger partial charge in [-0.15, -0.1) is 0 Å². The monoisotopic (exact) mass is 356 g/mol.